The van der Waals surface area contributed by atoms with Crippen LogP contribution in [0.2, 0.25) is 10.0 Å². The number of rotatable bonds is 5. The number of hydrogen-bond donors (Lipinski definition) is 1. The lowest BCUT2D eigenvalue weighted by Crippen LogP contribution is -1.95. The molecule has 0 heterocycles. The molecular weight excluding hydrogens is 297 g/mol. The lowest BCUT2D eigenvalue weighted by Gasteiger charge is -2.10. The van der Waals surface area contributed by atoms with Crippen molar-refractivity contribution >= 4 is 28.9 Å². The highest BCUT2D eigenvalue weighted by atomic mass is 35.5. The Labute approximate surface area is 128 Å². The van der Waals surface area contributed by atoms with E-state index in [1.165, 1.54) is 0 Å². The highest BCUT2D eigenvalue weighted by Gasteiger charge is 2.07. The minimum absolute atomic E-state index is 0.402. The van der Waals surface area contributed by atoms with E-state index in [0.717, 1.165) is 12.2 Å². The second-order valence-electron chi connectivity index (χ2n) is 4.23. The van der Waals surface area contributed by atoms with Crippen molar-refractivity contribution in [2.75, 3.05) is 12.3 Å². The quantitative estimate of drug-likeness (QED) is 0.776. The minimum Gasteiger partial charge on any atom is -0.494 e. The zero-order valence-electron chi connectivity index (χ0n) is 11.0. The topological polar surface area (TPSA) is 44.5 Å². The number of nitrogens with two attached hydrogens (primary N) is 1. The summed E-state index contributed by atoms with van der Waals surface area (Å²) in [7, 11) is 0. The molecule has 0 aromatic heterocycles. The molecule has 0 saturated carbocycles. The van der Waals surface area contributed by atoms with Crippen LogP contribution in [0.4, 0.5) is 5.69 Å². The molecule has 0 atom stereocenters. The van der Waals surface area contributed by atoms with E-state index in [0.29, 0.717) is 33.8 Å². The summed E-state index contributed by atoms with van der Waals surface area (Å²) in [6, 6.07) is 10.5. The minimum atomic E-state index is 0.402. The highest BCUT2D eigenvalue weighted by molar-refractivity contribution is 6.42. The number of ether oxygens (including phenoxy) is 2. The Balaban J connectivity index is 2.12. The molecule has 0 spiro atoms. The van der Waals surface area contributed by atoms with Gasteiger partial charge < -0.3 is 15.2 Å². The maximum Gasteiger partial charge on any atom is 0.151 e. The van der Waals surface area contributed by atoms with Gasteiger partial charge in [0, 0.05) is 6.07 Å². The molecule has 2 N–H and O–H groups in total. The van der Waals surface area contributed by atoms with Crippen LogP contribution in [0.25, 0.3) is 0 Å². The van der Waals surface area contributed by atoms with Crippen LogP contribution in [-0.4, -0.2) is 6.61 Å². The Morgan fingerprint density at radius 2 is 1.60 bits per heavy atom. The van der Waals surface area contributed by atoms with Gasteiger partial charge in [-0.3, -0.25) is 0 Å². The molecule has 0 unspecified atom stereocenters. The van der Waals surface area contributed by atoms with Crippen molar-refractivity contribution in [2.45, 2.75) is 13.3 Å². The lowest BCUT2D eigenvalue weighted by atomic mass is 10.3. The molecule has 0 bridgehead atoms. The third-order valence-electron chi connectivity index (χ3n) is 2.58. The zero-order chi connectivity index (χ0) is 14.5. The summed E-state index contributed by atoms with van der Waals surface area (Å²) in [5, 5.41) is 0.804. The maximum absolute atomic E-state index is 5.95. The molecule has 2 rings (SSSR count). The molecule has 2 aromatic carbocycles. The van der Waals surface area contributed by atoms with Crippen LogP contribution in [0.1, 0.15) is 13.3 Å². The third-order valence-corrected chi connectivity index (χ3v) is 3.30. The number of halogens is 2. The van der Waals surface area contributed by atoms with Crippen LogP contribution >= 0.6 is 23.2 Å². The predicted molar refractivity (Wildman–Crippen MR) is 83.2 cm³/mol. The first-order chi connectivity index (χ1) is 9.60. The smallest absolute Gasteiger partial charge is 0.151 e. The van der Waals surface area contributed by atoms with E-state index in [2.05, 4.69) is 6.92 Å². The van der Waals surface area contributed by atoms with Crippen molar-refractivity contribution in [1.82, 2.24) is 0 Å². The van der Waals surface area contributed by atoms with Crippen LogP contribution in [0.5, 0.6) is 17.2 Å². The maximum atomic E-state index is 5.95. The third kappa shape index (κ3) is 3.71. The van der Waals surface area contributed by atoms with E-state index in [9.17, 15) is 0 Å². The second-order valence-corrected chi connectivity index (χ2v) is 5.04. The summed E-state index contributed by atoms with van der Waals surface area (Å²) in [5.41, 5.74) is 6.28. The molecule has 0 amide bonds. The Morgan fingerprint density at radius 1 is 1.00 bits per heavy atom. The van der Waals surface area contributed by atoms with Crippen molar-refractivity contribution in [2.24, 2.45) is 0 Å². The number of hydrogen-bond acceptors (Lipinski definition) is 3. The van der Waals surface area contributed by atoms with E-state index in [1.807, 2.05) is 24.3 Å². The van der Waals surface area contributed by atoms with Gasteiger partial charge in [-0.15, -0.1) is 0 Å². The summed E-state index contributed by atoms with van der Waals surface area (Å²) in [5.74, 6) is 1.93. The molecule has 5 heteroatoms. The fourth-order valence-corrected chi connectivity index (χ4v) is 1.91. The Hall–Kier alpha value is -1.58. The van der Waals surface area contributed by atoms with E-state index in [1.54, 1.807) is 12.1 Å². The molecule has 0 saturated heterocycles. The van der Waals surface area contributed by atoms with Crippen molar-refractivity contribution in [1.29, 1.82) is 0 Å². The van der Waals surface area contributed by atoms with Crippen LogP contribution in [0, 0.1) is 0 Å². The van der Waals surface area contributed by atoms with Crippen LogP contribution in [-0.2, 0) is 0 Å². The molecule has 0 aliphatic heterocycles. The molecule has 0 radical (unpaired) electrons. The summed E-state index contributed by atoms with van der Waals surface area (Å²) in [6.45, 7) is 2.75. The molecule has 0 aliphatic carbocycles. The van der Waals surface area contributed by atoms with Gasteiger partial charge in [0.05, 0.1) is 22.3 Å². The van der Waals surface area contributed by atoms with Gasteiger partial charge in [-0.05, 0) is 36.8 Å². The summed E-state index contributed by atoms with van der Waals surface area (Å²) >= 11 is 11.8. The first-order valence-electron chi connectivity index (χ1n) is 6.25. The fourth-order valence-electron chi connectivity index (χ4n) is 1.58. The normalized spacial score (nSPS) is 10.3. The average Bonchev–Trinajstić information content (AvgIpc) is 2.44. The number of nitrogen functional groups attached to an aromatic ring is 1. The van der Waals surface area contributed by atoms with Gasteiger partial charge in [-0.25, -0.2) is 0 Å². The Kier molecular flexibility index (Phi) is 4.99. The predicted octanol–water partition coefficient (Wildman–Crippen LogP) is 5.16. The van der Waals surface area contributed by atoms with E-state index in [-0.39, 0.29) is 0 Å². The standard InChI is InChI=1S/C15H15Cl2NO2/c1-2-7-19-10-3-5-11(6-4-10)20-15-9-13(17)12(16)8-14(15)18/h3-6,8-9H,2,7,18H2,1H3. The molecule has 20 heavy (non-hydrogen) atoms. The van der Waals surface area contributed by atoms with Gasteiger partial charge in [-0.2, -0.15) is 0 Å². The average molecular weight is 312 g/mol. The van der Waals surface area contributed by atoms with E-state index >= 15 is 0 Å². The van der Waals surface area contributed by atoms with Gasteiger partial charge >= 0.3 is 0 Å². The van der Waals surface area contributed by atoms with Gasteiger partial charge in [0.15, 0.2) is 5.75 Å². The van der Waals surface area contributed by atoms with Crippen LogP contribution in [0.3, 0.4) is 0 Å². The van der Waals surface area contributed by atoms with E-state index in [4.69, 9.17) is 38.4 Å². The van der Waals surface area contributed by atoms with Gasteiger partial charge in [0.2, 0.25) is 0 Å². The zero-order valence-corrected chi connectivity index (χ0v) is 12.5. The number of benzene rings is 2. The number of anilines is 1. The van der Waals surface area contributed by atoms with Crippen molar-refractivity contribution < 1.29 is 9.47 Å². The van der Waals surface area contributed by atoms with Gasteiger partial charge in [0.25, 0.3) is 0 Å². The van der Waals surface area contributed by atoms with Crippen molar-refractivity contribution in [3.05, 3.63) is 46.4 Å². The van der Waals surface area contributed by atoms with Crippen LogP contribution < -0.4 is 15.2 Å². The Bertz CT molecular complexity index is 585. The SMILES string of the molecule is CCCOc1ccc(Oc2cc(Cl)c(Cl)cc2N)cc1. The Morgan fingerprint density at radius 3 is 2.25 bits per heavy atom. The molecule has 106 valence electrons. The van der Waals surface area contributed by atoms with Gasteiger partial charge in [-0.1, -0.05) is 30.1 Å². The molecular formula is C15H15Cl2NO2. The highest BCUT2D eigenvalue weighted by Crippen LogP contribution is 2.35. The monoisotopic (exact) mass is 311 g/mol. The van der Waals surface area contributed by atoms with Crippen molar-refractivity contribution in [3.8, 4) is 17.2 Å². The summed E-state index contributed by atoms with van der Waals surface area (Å²) in [4.78, 5) is 0. The largest absolute Gasteiger partial charge is 0.494 e. The lowest BCUT2D eigenvalue weighted by molar-refractivity contribution is 0.317. The summed E-state index contributed by atoms with van der Waals surface area (Å²) in [6.07, 6.45) is 0.970. The van der Waals surface area contributed by atoms with Crippen LogP contribution in [0.15, 0.2) is 36.4 Å². The molecule has 2 aromatic rings. The molecule has 0 fully saturated rings. The van der Waals surface area contributed by atoms with Crippen molar-refractivity contribution in [3.63, 3.8) is 0 Å². The second kappa shape index (κ2) is 6.73. The fraction of sp³-hybridized carbons (Fsp3) is 0.200. The molecule has 3 nitrogen and oxygen atoms in total. The van der Waals surface area contributed by atoms with Gasteiger partial charge in [0.1, 0.15) is 11.5 Å². The molecule has 0 aliphatic rings. The first kappa shape index (κ1) is 14.8. The first-order valence-corrected chi connectivity index (χ1v) is 7.01. The summed E-state index contributed by atoms with van der Waals surface area (Å²) < 4.78 is 11.2. The van der Waals surface area contributed by atoms with E-state index < -0.39 is 0 Å².